The van der Waals surface area contributed by atoms with Gasteiger partial charge in [-0.1, -0.05) is 18.2 Å². The van der Waals surface area contributed by atoms with Crippen LogP contribution in [0.3, 0.4) is 0 Å². The van der Waals surface area contributed by atoms with Crippen LogP contribution in [0.15, 0.2) is 53.6 Å². The van der Waals surface area contributed by atoms with Crippen LogP contribution in [0.2, 0.25) is 0 Å². The number of anilines is 2. The van der Waals surface area contributed by atoms with E-state index in [1.165, 1.54) is 12.1 Å². The van der Waals surface area contributed by atoms with Gasteiger partial charge >= 0.3 is 0 Å². The van der Waals surface area contributed by atoms with E-state index in [2.05, 4.69) is 24.9 Å². The van der Waals surface area contributed by atoms with E-state index >= 15 is 0 Å². The molecule has 4 N–H and O–H groups in total. The van der Waals surface area contributed by atoms with Crippen molar-refractivity contribution in [2.24, 2.45) is 0 Å². The number of halogens is 1. The van der Waals surface area contributed by atoms with Gasteiger partial charge in [-0.25, -0.2) is 22.8 Å². The third-order valence-corrected chi connectivity index (χ3v) is 5.50. The van der Waals surface area contributed by atoms with Gasteiger partial charge in [-0.2, -0.15) is 5.10 Å². The number of sulfonamides is 1. The van der Waals surface area contributed by atoms with Gasteiger partial charge in [0.05, 0.1) is 11.9 Å². The second-order valence-corrected chi connectivity index (χ2v) is 7.83. The first-order valence-electron chi connectivity index (χ1n) is 8.19. The van der Waals surface area contributed by atoms with Gasteiger partial charge in [0, 0.05) is 11.3 Å². The molecule has 2 heterocycles. The fourth-order valence-electron chi connectivity index (χ4n) is 2.69. The number of rotatable bonds is 4. The van der Waals surface area contributed by atoms with Gasteiger partial charge in [-0.05, 0) is 36.8 Å². The third kappa shape index (κ3) is 3.25. The van der Waals surface area contributed by atoms with E-state index in [1.54, 1.807) is 37.4 Å². The predicted octanol–water partition coefficient (Wildman–Crippen LogP) is 2.85. The lowest BCUT2D eigenvalue weighted by atomic mass is 10.1. The topological polar surface area (TPSA) is 127 Å². The molecule has 0 unspecified atom stereocenters. The van der Waals surface area contributed by atoms with Crippen LogP contribution in [-0.4, -0.2) is 28.6 Å². The van der Waals surface area contributed by atoms with Crippen molar-refractivity contribution in [2.75, 3.05) is 10.5 Å². The summed E-state index contributed by atoms with van der Waals surface area (Å²) in [6.45, 7) is 1.69. The number of nitrogens with one attached hydrogen (secondary N) is 2. The van der Waals surface area contributed by atoms with Crippen LogP contribution < -0.4 is 10.5 Å². The molecule has 0 bridgehead atoms. The van der Waals surface area contributed by atoms with Crippen molar-refractivity contribution in [3.8, 4) is 11.3 Å². The quantitative estimate of drug-likeness (QED) is 0.485. The Morgan fingerprint density at radius 3 is 2.64 bits per heavy atom. The van der Waals surface area contributed by atoms with Crippen LogP contribution in [-0.2, 0) is 10.0 Å². The van der Waals surface area contributed by atoms with E-state index in [0.717, 1.165) is 6.07 Å². The molecule has 0 aliphatic heterocycles. The Hall–Kier alpha value is -3.53. The minimum Gasteiger partial charge on any atom is -0.382 e. The molecule has 0 saturated carbocycles. The molecule has 0 saturated heterocycles. The molecule has 28 heavy (non-hydrogen) atoms. The molecule has 2 aromatic carbocycles. The highest BCUT2D eigenvalue weighted by molar-refractivity contribution is 7.92. The van der Waals surface area contributed by atoms with Crippen molar-refractivity contribution in [1.82, 2.24) is 20.2 Å². The molecule has 4 aromatic rings. The number of aromatic amines is 1. The predicted molar refractivity (Wildman–Crippen MR) is 103 cm³/mol. The smallest absolute Gasteiger partial charge is 0.264 e. The van der Waals surface area contributed by atoms with Gasteiger partial charge in [-0.15, -0.1) is 0 Å². The van der Waals surface area contributed by atoms with Crippen LogP contribution in [0.4, 0.5) is 15.9 Å². The highest BCUT2D eigenvalue weighted by Crippen LogP contribution is 2.24. The Kier molecular flexibility index (Phi) is 4.19. The zero-order valence-electron chi connectivity index (χ0n) is 14.6. The second kappa shape index (κ2) is 6.57. The van der Waals surface area contributed by atoms with E-state index in [1.807, 2.05) is 0 Å². The molecule has 0 atom stereocenters. The number of hydrogen-bond donors (Lipinski definition) is 3. The first-order chi connectivity index (χ1) is 13.3. The molecule has 0 spiro atoms. The van der Waals surface area contributed by atoms with Gasteiger partial charge < -0.3 is 5.73 Å². The maximum absolute atomic E-state index is 13.9. The van der Waals surface area contributed by atoms with Gasteiger partial charge in [0.25, 0.3) is 10.0 Å². The molecule has 0 radical (unpaired) electrons. The number of aromatic nitrogens is 4. The number of hydrogen-bond acceptors (Lipinski definition) is 6. The van der Waals surface area contributed by atoms with Gasteiger partial charge in [0.2, 0.25) is 5.65 Å². The summed E-state index contributed by atoms with van der Waals surface area (Å²) in [6.07, 6.45) is 1.55. The van der Waals surface area contributed by atoms with E-state index in [9.17, 15) is 12.8 Å². The maximum Gasteiger partial charge on any atom is 0.264 e. The minimum atomic E-state index is -4.05. The van der Waals surface area contributed by atoms with Gasteiger partial charge in [0.1, 0.15) is 16.5 Å². The lowest BCUT2D eigenvalue weighted by Crippen LogP contribution is -2.14. The molecular weight excluding hydrogens is 383 g/mol. The average Bonchev–Trinajstić information content (AvgIpc) is 3.04. The van der Waals surface area contributed by atoms with E-state index in [-0.39, 0.29) is 0 Å². The van der Waals surface area contributed by atoms with Crippen molar-refractivity contribution in [1.29, 1.82) is 0 Å². The summed E-state index contributed by atoms with van der Waals surface area (Å²) < 4.78 is 41.3. The van der Waals surface area contributed by atoms with E-state index < -0.39 is 20.7 Å². The number of nitrogens with zero attached hydrogens (tertiary/aromatic N) is 3. The number of aryl methyl sites for hydroxylation is 1. The molecule has 0 aliphatic carbocycles. The van der Waals surface area contributed by atoms with Crippen LogP contribution >= 0.6 is 0 Å². The summed E-state index contributed by atoms with van der Waals surface area (Å²) >= 11 is 0. The van der Waals surface area contributed by atoms with Crippen molar-refractivity contribution in [2.45, 2.75) is 11.8 Å². The molecule has 2 aromatic heterocycles. The summed E-state index contributed by atoms with van der Waals surface area (Å²) in [5, 5.41) is 6.58. The molecule has 4 rings (SSSR count). The van der Waals surface area contributed by atoms with E-state index in [0.29, 0.717) is 39.5 Å². The van der Waals surface area contributed by atoms with Crippen LogP contribution in [0.5, 0.6) is 0 Å². The highest BCUT2D eigenvalue weighted by Gasteiger charge is 2.19. The van der Waals surface area contributed by atoms with Gasteiger partial charge in [-0.3, -0.25) is 9.82 Å². The summed E-state index contributed by atoms with van der Waals surface area (Å²) in [5.74, 6) is -0.473. The fraction of sp³-hybridized carbons (Fsp3) is 0.0556. The number of benzene rings is 2. The Balaban J connectivity index is 1.61. The second-order valence-electron chi connectivity index (χ2n) is 6.18. The molecule has 10 heteroatoms. The number of H-pyrrole nitrogens is 1. The zero-order valence-corrected chi connectivity index (χ0v) is 15.5. The lowest BCUT2D eigenvalue weighted by Gasteiger charge is -2.10. The van der Waals surface area contributed by atoms with Crippen LogP contribution in [0, 0.1) is 12.7 Å². The molecule has 142 valence electrons. The summed E-state index contributed by atoms with van der Waals surface area (Å²) in [7, 11) is -4.05. The Morgan fingerprint density at radius 2 is 1.89 bits per heavy atom. The first-order valence-corrected chi connectivity index (χ1v) is 9.68. The summed E-state index contributed by atoms with van der Waals surface area (Å²) in [4.78, 5) is 8.19. The highest BCUT2D eigenvalue weighted by atomic mass is 32.2. The fourth-order valence-corrected chi connectivity index (χ4v) is 3.91. The normalized spacial score (nSPS) is 11.6. The molecule has 0 amide bonds. The Morgan fingerprint density at radius 1 is 1.14 bits per heavy atom. The van der Waals surface area contributed by atoms with Crippen LogP contribution in [0.25, 0.3) is 22.4 Å². The van der Waals surface area contributed by atoms with Gasteiger partial charge in [0.15, 0.2) is 5.52 Å². The standard InChI is InChI=1S/C18H15FN6O2S/c1-10-2-7-13(19)15(8-10)28(26,27)25-12-5-3-11(4-6-12)14-9-21-16-17(20)23-24-18(16)22-14/h2-9,25H,1H3,(H3,20,22,23,24). The SMILES string of the molecule is Cc1ccc(F)c(S(=O)(=O)Nc2ccc(-c3cnc4c(N)[nH]nc4n3)cc2)c1. The lowest BCUT2D eigenvalue weighted by molar-refractivity contribution is 0.570. The maximum atomic E-state index is 13.9. The molecule has 8 nitrogen and oxygen atoms in total. The minimum absolute atomic E-state index is 0.294. The summed E-state index contributed by atoms with van der Waals surface area (Å²) in [6, 6.07) is 10.4. The Labute approximate surface area is 159 Å². The number of nitrogen functional groups attached to an aromatic ring is 1. The Bertz CT molecular complexity index is 1290. The number of fused-ring (bicyclic) bond motifs is 1. The summed E-state index contributed by atoms with van der Waals surface area (Å²) in [5.41, 5.74) is 8.76. The number of nitrogens with two attached hydrogens (primary N) is 1. The first kappa shape index (κ1) is 17.9. The van der Waals surface area contributed by atoms with Crippen molar-refractivity contribution in [3.05, 3.63) is 60.0 Å². The molecular formula is C18H15FN6O2S. The van der Waals surface area contributed by atoms with E-state index in [4.69, 9.17) is 5.73 Å². The van der Waals surface area contributed by atoms with Crippen molar-refractivity contribution >= 4 is 32.7 Å². The third-order valence-electron chi connectivity index (χ3n) is 4.10. The zero-order chi connectivity index (χ0) is 19.9. The van der Waals surface area contributed by atoms with Crippen LogP contribution in [0.1, 0.15) is 5.56 Å². The molecule has 0 aliphatic rings. The monoisotopic (exact) mass is 398 g/mol. The molecule has 0 fully saturated rings. The average molecular weight is 398 g/mol. The van der Waals surface area contributed by atoms with Crippen molar-refractivity contribution < 1.29 is 12.8 Å². The largest absolute Gasteiger partial charge is 0.382 e. The van der Waals surface area contributed by atoms with Crippen molar-refractivity contribution in [3.63, 3.8) is 0 Å².